The fourth-order valence-corrected chi connectivity index (χ4v) is 5.18. The molecule has 1 heterocycles. The molecule has 4 nitrogen and oxygen atoms in total. The number of nitrogens with zero attached hydrogens (tertiary/aromatic N) is 3. The van der Waals surface area contributed by atoms with Gasteiger partial charge in [-0.05, 0) is 18.8 Å². The second-order valence-electron chi connectivity index (χ2n) is 8.26. The lowest BCUT2D eigenvalue weighted by Crippen LogP contribution is -2.51. The van der Waals surface area contributed by atoms with Crippen molar-refractivity contribution in [2.24, 2.45) is 18.4 Å². The van der Waals surface area contributed by atoms with Crippen molar-refractivity contribution in [3.63, 3.8) is 0 Å². The molecule has 2 atom stereocenters. The Kier molecular flexibility index (Phi) is 3.49. The predicted octanol–water partition coefficient (Wildman–Crippen LogP) is 3.97. The van der Waals surface area contributed by atoms with E-state index in [9.17, 15) is 10.1 Å². The Morgan fingerprint density at radius 2 is 1.92 bits per heavy atom. The van der Waals surface area contributed by atoms with Gasteiger partial charge in [-0.3, -0.25) is 9.48 Å². The summed E-state index contributed by atoms with van der Waals surface area (Å²) in [6.45, 7) is 6.10. The van der Waals surface area contributed by atoms with Crippen molar-refractivity contribution in [2.75, 3.05) is 0 Å². The highest BCUT2D eigenvalue weighted by Gasteiger charge is 2.55. The molecule has 1 aromatic carbocycles. The van der Waals surface area contributed by atoms with Gasteiger partial charge in [0.1, 0.15) is 6.07 Å². The Labute approximate surface area is 154 Å². The van der Waals surface area contributed by atoms with Crippen LogP contribution in [0.25, 0.3) is 11.3 Å². The second kappa shape index (κ2) is 5.41. The zero-order chi connectivity index (χ0) is 18.7. The summed E-state index contributed by atoms with van der Waals surface area (Å²) in [5.41, 5.74) is 3.87. The fraction of sp³-hybridized carbons (Fsp3) is 0.409. The van der Waals surface area contributed by atoms with Crippen LogP contribution in [0.1, 0.15) is 38.4 Å². The predicted molar refractivity (Wildman–Crippen MR) is 100 cm³/mol. The van der Waals surface area contributed by atoms with Crippen LogP contribution in [0.15, 0.2) is 42.0 Å². The smallest absolute Gasteiger partial charge is 0.178 e. The minimum absolute atomic E-state index is 0.0369. The summed E-state index contributed by atoms with van der Waals surface area (Å²) in [5, 5.41) is 14.4. The van der Waals surface area contributed by atoms with Gasteiger partial charge in [0.05, 0.1) is 17.0 Å². The molecule has 2 aliphatic carbocycles. The molecule has 2 aromatic rings. The molecule has 26 heavy (non-hydrogen) atoms. The van der Waals surface area contributed by atoms with E-state index in [2.05, 4.69) is 25.1 Å². The Bertz CT molecular complexity index is 975. The van der Waals surface area contributed by atoms with E-state index in [1.54, 1.807) is 0 Å². The highest BCUT2D eigenvalue weighted by molar-refractivity contribution is 6.04. The van der Waals surface area contributed by atoms with Crippen molar-refractivity contribution in [2.45, 2.75) is 39.0 Å². The monoisotopic (exact) mass is 345 g/mol. The molecule has 132 valence electrons. The van der Waals surface area contributed by atoms with Crippen LogP contribution in [-0.4, -0.2) is 15.6 Å². The van der Waals surface area contributed by atoms with Gasteiger partial charge >= 0.3 is 0 Å². The third-order valence-corrected chi connectivity index (χ3v) is 6.38. The summed E-state index contributed by atoms with van der Waals surface area (Å²) < 4.78 is 1.96. The number of nitriles is 1. The van der Waals surface area contributed by atoms with Crippen molar-refractivity contribution < 1.29 is 4.79 Å². The van der Waals surface area contributed by atoms with Crippen LogP contribution < -0.4 is 0 Å². The van der Waals surface area contributed by atoms with Gasteiger partial charge in [-0.15, -0.1) is 0 Å². The maximum atomic E-state index is 12.8. The van der Waals surface area contributed by atoms with E-state index in [1.165, 1.54) is 5.56 Å². The van der Waals surface area contributed by atoms with Gasteiger partial charge in [-0.2, -0.15) is 10.4 Å². The number of benzene rings is 1. The van der Waals surface area contributed by atoms with E-state index in [1.807, 2.05) is 49.9 Å². The summed E-state index contributed by atoms with van der Waals surface area (Å²) in [7, 11) is 1.98. The number of Topliss-reactive ketones (excluding diaryl/α,β-unsaturated/α-hetero) is 1. The number of allylic oxidation sites excluding steroid dienone is 2. The number of fused-ring (bicyclic) bond motifs is 3. The van der Waals surface area contributed by atoms with Gasteiger partial charge in [0.2, 0.25) is 0 Å². The highest BCUT2D eigenvalue weighted by Crippen LogP contribution is 2.55. The summed E-state index contributed by atoms with van der Waals surface area (Å²) in [5.74, 6) is 0.107. The molecule has 0 amide bonds. The minimum Gasteiger partial charge on any atom is -0.293 e. The molecule has 0 N–H and O–H groups in total. The topological polar surface area (TPSA) is 58.7 Å². The third kappa shape index (κ3) is 2.07. The Morgan fingerprint density at radius 1 is 1.23 bits per heavy atom. The number of hydrogen-bond acceptors (Lipinski definition) is 3. The molecule has 2 aliphatic rings. The fourth-order valence-electron chi connectivity index (χ4n) is 5.18. The van der Waals surface area contributed by atoms with E-state index in [0.717, 1.165) is 29.8 Å². The van der Waals surface area contributed by atoms with Gasteiger partial charge in [-0.25, -0.2) is 0 Å². The molecule has 0 fully saturated rings. The maximum absolute atomic E-state index is 12.8. The largest absolute Gasteiger partial charge is 0.293 e. The number of aromatic nitrogens is 2. The molecule has 0 bridgehead atoms. The number of hydrogen-bond donors (Lipinski definition) is 0. The van der Waals surface area contributed by atoms with Crippen molar-refractivity contribution in [3.8, 4) is 17.3 Å². The Hall–Kier alpha value is -2.67. The van der Waals surface area contributed by atoms with Crippen LogP contribution in [0.3, 0.4) is 0 Å². The molecule has 1 aromatic heterocycles. The molecular formula is C22H23N3O. The van der Waals surface area contributed by atoms with Gasteiger partial charge in [0, 0.05) is 29.0 Å². The summed E-state index contributed by atoms with van der Waals surface area (Å²) >= 11 is 0. The van der Waals surface area contributed by atoms with E-state index < -0.39 is 10.8 Å². The molecule has 4 heteroatoms. The summed E-state index contributed by atoms with van der Waals surface area (Å²) in [4.78, 5) is 12.8. The zero-order valence-corrected chi connectivity index (χ0v) is 15.7. The van der Waals surface area contributed by atoms with E-state index >= 15 is 0 Å². The highest BCUT2D eigenvalue weighted by atomic mass is 16.1. The van der Waals surface area contributed by atoms with Crippen molar-refractivity contribution in [3.05, 3.63) is 53.2 Å². The summed E-state index contributed by atoms with van der Waals surface area (Å²) in [6.07, 6.45) is 3.70. The van der Waals surface area contributed by atoms with Crippen LogP contribution in [0, 0.1) is 22.7 Å². The van der Waals surface area contributed by atoms with Crippen molar-refractivity contribution in [1.82, 2.24) is 9.78 Å². The molecule has 0 aliphatic heterocycles. The van der Waals surface area contributed by atoms with Crippen LogP contribution in [0.5, 0.6) is 0 Å². The first kappa shape index (κ1) is 16.8. The number of carbonyl (C=O) groups excluding carboxylic acids is 1. The first-order chi connectivity index (χ1) is 12.3. The zero-order valence-electron chi connectivity index (χ0n) is 15.7. The third-order valence-electron chi connectivity index (χ3n) is 6.38. The molecule has 0 spiro atoms. The molecule has 0 saturated heterocycles. The second-order valence-corrected chi connectivity index (χ2v) is 8.26. The summed E-state index contributed by atoms with van der Waals surface area (Å²) in [6, 6.07) is 12.4. The standard InChI is InChI=1S/C22H23N3O/c1-21(2)17-11-10-16-18(14-8-6-5-7-9-14)25(4)24-19(16)22(17,3)12-15(13-23)20(21)26/h5-9,12,17H,10-11H2,1-4H3/t17-,22-/m0/s1. The van der Waals surface area contributed by atoms with Gasteiger partial charge in [0.15, 0.2) is 5.78 Å². The van der Waals surface area contributed by atoms with E-state index in [-0.39, 0.29) is 17.3 Å². The van der Waals surface area contributed by atoms with Gasteiger partial charge < -0.3 is 0 Å². The van der Waals surface area contributed by atoms with Gasteiger partial charge in [0.25, 0.3) is 0 Å². The normalized spacial score (nSPS) is 26.5. The minimum atomic E-state index is -0.559. The maximum Gasteiger partial charge on any atom is 0.178 e. The number of aryl methyl sites for hydroxylation is 1. The van der Waals surface area contributed by atoms with Crippen molar-refractivity contribution in [1.29, 1.82) is 5.26 Å². The number of ketones is 1. The van der Waals surface area contributed by atoms with Crippen molar-refractivity contribution >= 4 is 5.78 Å². The Morgan fingerprint density at radius 3 is 2.58 bits per heavy atom. The lowest BCUT2D eigenvalue weighted by atomic mass is 9.52. The van der Waals surface area contributed by atoms with E-state index in [0.29, 0.717) is 0 Å². The lowest BCUT2D eigenvalue weighted by Gasteiger charge is -2.49. The molecule has 0 radical (unpaired) electrons. The Balaban J connectivity index is 1.97. The first-order valence-electron chi connectivity index (χ1n) is 9.10. The number of carbonyl (C=O) groups is 1. The quantitative estimate of drug-likeness (QED) is 0.786. The van der Waals surface area contributed by atoms with E-state index in [4.69, 9.17) is 5.10 Å². The molecular weight excluding hydrogens is 322 g/mol. The van der Waals surface area contributed by atoms with Gasteiger partial charge in [-0.1, -0.05) is 57.2 Å². The number of rotatable bonds is 1. The average molecular weight is 345 g/mol. The van der Waals surface area contributed by atoms with Crippen LogP contribution in [-0.2, 0) is 23.7 Å². The molecule has 0 saturated carbocycles. The first-order valence-corrected chi connectivity index (χ1v) is 9.10. The van der Waals surface area contributed by atoms with Crippen LogP contribution >= 0.6 is 0 Å². The SMILES string of the molecule is Cn1nc2c(c1-c1ccccc1)CC[C@H]1C(C)(C)C(=O)C(C#N)=C[C@]21C. The average Bonchev–Trinajstić information content (AvgIpc) is 2.96. The molecule has 4 rings (SSSR count). The lowest BCUT2D eigenvalue weighted by molar-refractivity contribution is -0.128. The molecule has 0 unspecified atom stereocenters. The van der Waals surface area contributed by atoms with Crippen LogP contribution in [0.4, 0.5) is 0 Å². The van der Waals surface area contributed by atoms with Crippen LogP contribution in [0.2, 0.25) is 0 Å².